The van der Waals surface area contributed by atoms with Crippen molar-refractivity contribution in [3.8, 4) is 0 Å². The van der Waals surface area contributed by atoms with Crippen LogP contribution in [0.25, 0.3) is 0 Å². The van der Waals surface area contributed by atoms with Gasteiger partial charge in [-0.15, -0.1) is 0 Å². The van der Waals surface area contributed by atoms with Gasteiger partial charge in [0.25, 0.3) is 0 Å². The molecule has 0 heterocycles. The first kappa shape index (κ1) is 9.20. The van der Waals surface area contributed by atoms with Gasteiger partial charge in [-0.05, 0) is 6.42 Å². The highest BCUT2D eigenvalue weighted by Gasteiger charge is 2.01. The van der Waals surface area contributed by atoms with Gasteiger partial charge >= 0.3 is 5.97 Å². The predicted octanol–water partition coefficient (Wildman–Crippen LogP) is 1.76. The second kappa shape index (κ2) is 5.02. The summed E-state index contributed by atoms with van der Waals surface area (Å²) in [5, 5.41) is 0. The highest BCUT2D eigenvalue weighted by molar-refractivity contribution is 14.1. The fourth-order valence-electron chi connectivity index (χ4n) is 0.419. The SMILES string of the molecule is COC(=O)CCC(C)I. The Morgan fingerprint density at radius 2 is 2.33 bits per heavy atom. The molecule has 0 aliphatic rings. The van der Waals surface area contributed by atoms with E-state index in [9.17, 15) is 4.79 Å². The first-order chi connectivity index (χ1) is 4.16. The third kappa shape index (κ3) is 6.08. The molecule has 9 heavy (non-hydrogen) atoms. The Morgan fingerprint density at radius 3 is 2.67 bits per heavy atom. The average Bonchev–Trinajstić information content (AvgIpc) is 1.83. The van der Waals surface area contributed by atoms with Crippen LogP contribution < -0.4 is 0 Å². The number of carbonyl (C=O) groups is 1. The van der Waals surface area contributed by atoms with Crippen LogP contribution in [0.4, 0.5) is 0 Å². The summed E-state index contributed by atoms with van der Waals surface area (Å²) in [7, 11) is 1.42. The monoisotopic (exact) mass is 242 g/mol. The molecule has 0 spiro atoms. The van der Waals surface area contributed by atoms with Gasteiger partial charge in [-0.25, -0.2) is 0 Å². The molecule has 1 atom stereocenters. The number of alkyl halides is 1. The van der Waals surface area contributed by atoms with Gasteiger partial charge < -0.3 is 4.74 Å². The Balaban J connectivity index is 3.17. The van der Waals surface area contributed by atoms with Crippen molar-refractivity contribution in [3.05, 3.63) is 0 Å². The highest BCUT2D eigenvalue weighted by atomic mass is 127. The van der Waals surface area contributed by atoms with E-state index in [1.54, 1.807) is 0 Å². The highest BCUT2D eigenvalue weighted by Crippen LogP contribution is 2.06. The molecule has 0 fully saturated rings. The van der Waals surface area contributed by atoms with E-state index >= 15 is 0 Å². The van der Waals surface area contributed by atoms with E-state index in [0.29, 0.717) is 10.3 Å². The molecule has 0 saturated carbocycles. The predicted molar refractivity (Wildman–Crippen MR) is 44.7 cm³/mol. The summed E-state index contributed by atoms with van der Waals surface area (Å²) < 4.78 is 5.02. The zero-order chi connectivity index (χ0) is 7.28. The van der Waals surface area contributed by atoms with Gasteiger partial charge in [0, 0.05) is 10.3 Å². The molecule has 2 nitrogen and oxygen atoms in total. The lowest BCUT2D eigenvalue weighted by Gasteiger charge is -1.99. The van der Waals surface area contributed by atoms with Gasteiger partial charge in [-0.2, -0.15) is 0 Å². The summed E-state index contributed by atoms with van der Waals surface area (Å²) in [5.74, 6) is -0.112. The van der Waals surface area contributed by atoms with Gasteiger partial charge in [0.2, 0.25) is 0 Å². The summed E-state index contributed by atoms with van der Waals surface area (Å²) in [6.45, 7) is 2.07. The van der Waals surface area contributed by atoms with Crippen molar-refractivity contribution in [2.45, 2.75) is 23.7 Å². The Hall–Kier alpha value is 0.200. The topological polar surface area (TPSA) is 26.3 Å². The largest absolute Gasteiger partial charge is 0.469 e. The van der Waals surface area contributed by atoms with Crippen LogP contribution >= 0.6 is 22.6 Å². The van der Waals surface area contributed by atoms with Crippen LogP contribution in [0.2, 0.25) is 0 Å². The Morgan fingerprint density at radius 1 is 1.78 bits per heavy atom. The molecule has 3 heteroatoms. The fraction of sp³-hybridized carbons (Fsp3) is 0.833. The number of hydrogen-bond acceptors (Lipinski definition) is 2. The summed E-state index contributed by atoms with van der Waals surface area (Å²) in [4.78, 5) is 10.5. The molecule has 1 unspecified atom stereocenters. The molecule has 0 bridgehead atoms. The minimum atomic E-state index is -0.112. The molecule has 0 rings (SSSR count). The van der Waals surface area contributed by atoms with Crippen LogP contribution in [0.5, 0.6) is 0 Å². The smallest absolute Gasteiger partial charge is 0.305 e. The van der Waals surface area contributed by atoms with Crippen molar-refractivity contribution in [1.82, 2.24) is 0 Å². The van der Waals surface area contributed by atoms with Crippen molar-refractivity contribution in [3.63, 3.8) is 0 Å². The van der Waals surface area contributed by atoms with E-state index in [1.165, 1.54) is 7.11 Å². The molecule has 0 saturated heterocycles. The van der Waals surface area contributed by atoms with Crippen molar-refractivity contribution < 1.29 is 9.53 Å². The molecule has 0 aliphatic heterocycles. The fourth-order valence-corrected chi connectivity index (χ4v) is 0.730. The summed E-state index contributed by atoms with van der Waals surface area (Å²) in [5.41, 5.74) is 0. The first-order valence-corrected chi connectivity index (χ1v) is 4.12. The molecule has 0 aliphatic carbocycles. The molecule has 0 radical (unpaired) electrons. The summed E-state index contributed by atoms with van der Waals surface area (Å²) in [6, 6.07) is 0. The average molecular weight is 242 g/mol. The molecule has 54 valence electrons. The first-order valence-electron chi connectivity index (χ1n) is 2.87. The zero-order valence-corrected chi connectivity index (χ0v) is 7.84. The maximum Gasteiger partial charge on any atom is 0.305 e. The Kier molecular flexibility index (Phi) is 5.13. The maximum absolute atomic E-state index is 10.5. The van der Waals surface area contributed by atoms with Gasteiger partial charge in [-0.3, -0.25) is 4.79 Å². The summed E-state index contributed by atoms with van der Waals surface area (Å²) >= 11 is 2.28. The van der Waals surface area contributed by atoms with E-state index in [4.69, 9.17) is 0 Å². The van der Waals surface area contributed by atoms with Crippen molar-refractivity contribution in [2.24, 2.45) is 0 Å². The zero-order valence-electron chi connectivity index (χ0n) is 5.69. The number of hydrogen-bond donors (Lipinski definition) is 0. The molecule has 0 aromatic carbocycles. The Labute approximate surface area is 69.1 Å². The number of esters is 1. The second-order valence-corrected chi connectivity index (χ2v) is 4.02. The van der Waals surface area contributed by atoms with Crippen molar-refractivity contribution in [2.75, 3.05) is 7.11 Å². The molecule has 0 amide bonds. The number of rotatable bonds is 3. The Bertz CT molecular complexity index is 91.1. The quantitative estimate of drug-likeness (QED) is 0.428. The van der Waals surface area contributed by atoms with Crippen molar-refractivity contribution in [1.29, 1.82) is 0 Å². The normalized spacial score (nSPS) is 12.8. The van der Waals surface area contributed by atoms with Crippen LogP contribution in [0, 0.1) is 0 Å². The van der Waals surface area contributed by atoms with Crippen LogP contribution in [0.15, 0.2) is 0 Å². The van der Waals surface area contributed by atoms with E-state index < -0.39 is 0 Å². The van der Waals surface area contributed by atoms with Crippen LogP contribution in [-0.2, 0) is 9.53 Å². The molecule has 0 N–H and O–H groups in total. The van der Waals surface area contributed by atoms with Gasteiger partial charge in [0.05, 0.1) is 7.11 Å². The minimum Gasteiger partial charge on any atom is -0.469 e. The molecule has 0 aromatic heterocycles. The van der Waals surface area contributed by atoms with Crippen LogP contribution in [0.3, 0.4) is 0 Å². The number of methoxy groups -OCH3 is 1. The van der Waals surface area contributed by atoms with Crippen LogP contribution in [0.1, 0.15) is 19.8 Å². The number of ether oxygens (including phenoxy) is 1. The van der Waals surface area contributed by atoms with E-state index in [-0.39, 0.29) is 5.97 Å². The van der Waals surface area contributed by atoms with Crippen molar-refractivity contribution >= 4 is 28.6 Å². The maximum atomic E-state index is 10.5. The molecular weight excluding hydrogens is 231 g/mol. The third-order valence-electron chi connectivity index (χ3n) is 0.974. The lowest BCUT2D eigenvalue weighted by Crippen LogP contribution is -2.02. The van der Waals surface area contributed by atoms with Gasteiger partial charge in [0.1, 0.15) is 0 Å². The van der Waals surface area contributed by atoms with Gasteiger partial charge in [-0.1, -0.05) is 29.5 Å². The second-order valence-electron chi connectivity index (χ2n) is 1.90. The van der Waals surface area contributed by atoms with E-state index in [0.717, 1.165) is 6.42 Å². The molecular formula is C6H11IO2. The van der Waals surface area contributed by atoms with E-state index in [1.807, 2.05) is 0 Å². The number of carbonyl (C=O) groups excluding carboxylic acids is 1. The van der Waals surface area contributed by atoms with Gasteiger partial charge in [0.15, 0.2) is 0 Å². The van der Waals surface area contributed by atoms with E-state index in [2.05, 4.69) is 34.3 Å². The van der Waals surface area contributed by atoms with Crippen LogP contribution in [-0.4, -0.2) is 17.0 Å². The lowest BCUT2D eigenvalue weighted by atomic mass is 10.2. The third-order valence-corrected chi connectivity index (χ3v) is 1.60. The summed E-state index contributed by atoms with van der Waals surface area (Å²) in [6.07, 6.45) is 1.45. The standard InChI is InChI=1S/C6H11IO2/c1-5(7)3-4-6(8)9-2/h5H,3-4H2,1-2H3. The minimum absolute atomic E-state index is 0.112. The lowest BCUT2D eigenvalue weighted by molar-refractivity contribution is -0.140. The number of halogens is 1. The molecule has 0 aromatic rings.